The van der Waals surface area contributed by atoms with Gasteiger partial charge in [0.1, 0.15) is 36.8 Å². The number of nitrogens with zero attached hydrogens (tertiary/aromatic N) is 4. The molecule has 0 unspecified atom stereocenters. The Kier molecular flexibility index (Phi) is 31.9. The Bertz CT molecular complexity index is 1660. The van der Waals surface area contributed by atoms with E-state index in [0.717, 1.165) is 0 Å². The summed E-state index contributed by atoms with van der Waals surface area (Å²) in [6, 6.07) is -7.42. The van der Waals surface area contributed by atoms with Crippen molar-refractivity contribution in [3.63, 3.8) is 0 Å². The number of hydrogen-bond acceptors (Lipinski definition) is 14. The van der Waals surface area contributed by atoms with Crippen molar-refractivity contribution in [3.8, 4) is 0 Å². The molecule has 0 fully saturated rings. The molecule has 382 valence electrons. The highest BCUT2D eigenvalue weighted by molar-refractivity contribution is 5.97. The van der Waals surface area contributed by atoms with Crippen LogP contribution in [0.15, 0.2) is 20.0 Å². The third-order valence-electron chi connectivity index (χ3n) is 9.61. The number of aliphatic carboxylic acids is 1. The smallest absolute Gasteiger partial charge is 0.322 e. The molecule has 0 aromatic carbocycles. The number of nitrogens with two attached hydrogens (primary N) is 11. The molecule has 0 aromatic rings. The molecule has 0 radical (unpaired) electrons. The fraction of sp³-hybridized carbons (Fsp3) is 0.711. The highest BCUT2D eigenvalue weighted by atomic mass is 16.4. The standard InChI is InChI=1S/C38H77N21O8/c39-15-3-1-9-22(41)29(62)55-25(12-6-18-51-36(44)45)32(65)58-27(14-8-20-53-38(48)49)34(67)59-26(13-7-19-52-37(46)47)33(66)57-24(10-2-4-16-40)31(64)56-23(11-5-17-50-35(42)43)30(63)54-21-28(60)61/h22-27H,1-21,39-41H2,(H,54,63)(H,55,62)(H,56,64)(H,57,66)(H,58,65)(H,59,67)(H,60,61)(H4,42,43,50)(H4,44,45,51)(H4,46,47,52)(H4,48,49,53)/t22-,23-,24-,25-,26-,27-/m0/s1. The minimum absolute atomic E-state index is 0.0143. The fourth-order valence-corrected chi connectivity index (χ4v) is 6.14. The van der Waals surface area contributed by atoms with Crippen LogP contribution in [0.25, 0.3) is 0 Å². The molecular weight excluding hydrogens is 879 g/mol. The van der Waals surface area contributed by atoms with Gasteiger partial charge in [-0.25, -0.2) is 0 Å². The lowest BCUT2D eigenvalue weighted by atomic mass is 10.0. The van der Waals surface area contributed by atoms with Crippen molar-refractivity contribution < 1.29 is 38.7 Å². The molecule has 0 spiro atoms. The Morgan fingerprint density at radius 3 is 0.940 bits per heavy atom. The van der Waals surface area contributed by atoms with Crippen LogP contribution in [0.5, 0.6) is 0 Å². The van der Waals surface area contributed by atoms with Crippen LogP contribution in [0.4, 0.5) is 0 Å². The number of rotatable bonds is 37. The number of carboxylic acids is 1. The van der Waals surface area contributed by atoms with Gasteiger partial charge < -0.3 is 100 Å². The maximum Gasteiger partial charge on any atom is 0.322 e. The Hall–Kier alpha value is -6.75. The van der Waals surface area contributed by atoms with Gasteiger partial charge in [0, 0.05) is 26.2 Å². The van der Waals surface area contributed by atoms with E-state index in [1.165, 1.54) is 0 Å². The predicted octanol–water partition coefficient (Wildman–Crippen LogP) is -7.59. The van der Waals surface area contributed by atoms with E-state index in [9.17, 15) is 33.6 Å². The summed E-state index contributed by atoms with van der Waals surface area (Å²) in [5, 5.41) is 24.6. The summed E-state index contributed by atoms with van der Waals surface area (Å²) < 4.78 is 0. The lowest BCUT2D eigenvalue weighted by molar-refractivity contribution is -0.138. The van der Waals surface area contributed by atoms with Crippen LogP contribution < -0.4 is 95.0 Å². The Balaban J connectivity index is 6.81. The second kappa shape index (κ2) is 35.5. The predicted molar refractivity (Wildman–Crippen MR) is 254 cm³/mol. The van der Waals surface area contributed by atoms with Crippen molar-refractivity contribution in [2.75, 3.05) is 45.8 Å². The number of unbranched alkanes of at least 4 members (excludes halogenated alkanes) is 2. The molecule has 0 aliphatic rings. The highest BCUT2D eigenvalue weighted by Gasteiger charge is 2.33. The zero-order chi connectivity index (χ0) is 50.7. The number of hydrogen-bond donors (Lipinski definition) is 18. The molecule has 0 saturated heterocycles. The van der Waals surface area contributed by atoms with Crippen LogP contribution >= 0.6 is 0 Å². The van der Waals surface area contributed by atoms with E-state index < -0.39 is 84.2 Å². The molecular formula is C38H77N21O8. The van der Waals surface area contributed by atoms with Crippen molar-refractivity contribution in [1.82, 2.24) is 31.9 Å². The second-order valence-electron chi connectivity index (χ2n) is 15.4. The van der Waals surface area contributed by atoms with E-state index in [1.54, 1.807) is 0 Å². The minimum atomic E-state index is -1.36. The Labute approximate surface area is 390 Å². The molecule has 29 heteroatoms. The number of nitrogens with one attached hydrogen (secondary N) is 6. The molecule has 6 amide bonds. The maximum absolute atomic E-state index is 14.2. The molecule has 29 N–H and O–H groups in total. The van der Waals surface area contributed by atoms with Crippen molar-refractivity contribution in [1.29, 1.82) is 0 Å². The minimum Gasteiger partial charge on any atom is -0.480 e. The summed E-state index contributed by atoms with van der Waals surface area (Å²) in [5.41, 5.74) is 61.1. The van der Waals surface area contributed by atoms with Crippen molar-refractivity contribution in [3.05, 3.63) is 0 Å². The molecule has 6 atom stereocenters. The summed E-state index contributed by atoms with van der Waals surface area (Å²) >= 11 is 0. The number of carbonyl (C=O) groups is 7. The van der Waals surface area contributed by atoms with Crippen LogP contribution in [-0.2, 0) is 33.6 Å². The van der Waals surface area contributed by atoms with Gasteiger partial charge in [0.2, 0.25) is 35.4 Å². The molecule has 0 aliphatic heterocycles. The summed E-state index contributed by atoms with van der Waals surface area (Å²) in [6.45, 7) is 0.246. The average molecular weight is 956 g/mol. The molecule has 67 heavy (non-hydrogen) atoms. The first-order chi connectivity index (χ1) is 31.7. The van der Waals surface area contributed by atoms with E-state index >= 15 is 0 Å². The van der Waals surface area contributed by atoms with Crippen LogP contribution in [0.3, 0.4) is 0 Å². The van der Waals surface area contributed by atoms with Gasteiger partial charge in [-0.05, 0) is 96.6 Å². The number of amides is 6. The van der Waals surface area contributed by atoms with Gasteiger partial charge >= 0.3 is 5.97 Å². The Morgan fingerprint density at radius 2 is 0.657 bits per heavy atom. The van der Waals surface area contributed by atoms with Crippen molar-refractivity contribution in [2.24, 2.45) is 83.0 Å². The summed E-state index contributed by atoms with van der Waals surface area (Å²) in [5.74, 6) is -6.78. The fourth-order valence-electron chi connectivity index (χ4n) is 6.14. The third-order valence-corrected chi connectivity index (χ3v) is 9.61. The first-order valence-corrected chi connectivity index (χ1v) is 22.1. The average Bonchev–Trinajstić information content (AvgIpc) is 3.25. The van der Waals surface area contributed by atoms with E-state index in [2.05, 4.69) is 51.9 Å². The van der Waals surface area contributed by atoms with E-state index in [-0.39, 0.29) is 114 Å². The molecule has 0 aliphatic carbocycles. The summed E-state index contributed by atoms with van der Waals surface area (Å²) in [6.07, 6.45) is 3.00. The SMILES string of the molecule is NCCCC[C@H](NC(=O)[C@H](CCCN=C(N)N)NC(=O)[C@H](CCCN=C(N)N)NC(=O)[C@H](CCCN=C(N)N)NC(=O)[C@@H](N)CCCCN)C(=O)N[C@@H](CCCN=C(N)N)C(=O)NCC(=O)O. The zero-order valence-corrected chi connectivity index (χ0v) is 38.3. The van der Waals surface area contributed by atoms with Gasteiger partial charge in [-0.3, -0.25) is 53.5 Å². The van der Waals surface area contributed by atoms with Crippen LogP contribution in [0, 0.1) is 0 Å². The van der Waals surface area contributed by atoms with Crippen LogP contribution in [0.2, 0.25) is 0 Å². The normalized spacial score (nSPS) is 13.4. The summed E-state index contributed by atoms with van der Waals surface area (Å²) in [7, 11) is 0. The first-order valence-electron chi connectivity index (χ1n) is 22.1. The van der Waals surface area contributed by atoms with Gasteiger partial charge in [-0.15, -0.1) is 0 Å². The van der Waals surface area contributed by atoms with Crippen molar-refractivity contribution >= 4 is 65.3 Å². The molecule has 0 bridgehead atoms. The van der Waals surface area contributed by atoms with E-state index in [0.29, 0.717) is 38.6 Å². The topological polar surface area (TPSA) is 548 Å². The van der Waals surface area contributed by atoms with Gasteiger partial charge in [0.25, 0.3) is 0 Å². The summed E-state index contributed by atoms with van der Waals surface area (Å²) in [4.78, 5) is 109. The second-order valence-corrected chi connectivity index (χ2v) is 15.4. The number of carboxylic acid groups (broad SMARTS) is 1. The van der Waals surface area contributed by atoms with Gasteiger partial charge in [0.15, 0.2) is 23.8 Å². The maximum atomic E-state index is 14.2. The highest BCUT2D eigenvalue weighted by Crippen LogP contribution is 2.10. The lowest BCUT2D eigenvalue weighted by Crippen LogP contribution is -2.59. The zero-order valence-electron chi connectivity index (χ0n) is 38.3. The van der Waals surface area contributed by atoms with E-state index in [4.69, 9.17) is 68.2 Å². The van der Waals surface area contributed by atoms with Crippen LogP contribution in [-0.4, -0.2) is 152 Å². The van der Waals surface area contributed by atoms with E-state index in [1.807, 2.05) is 0 Å². The molecule has 0 saturated carbocycles. The van der Waals surface area contributed by atoms with Crippen LogP contribution in [0.1, 0.15) is 89.9 Å². The van der Waals surface area contributed by atoms with Crippen molar-refractivity contribution in [2.45, 2.75) is 126 Å². The first kappa shape index (κ1) is 60.2. The number of aliphatic imine (C=N–C) groups is 4. The monoisotopic (exact) mass is 956 g/mol. The Morgan fingerprint density at radius 1 is 0.388 bits per heavy atom. The molecule has 0 aromatic heterocycles. The largest absolute Gasteiger partial charge is 0.480 e. The molecule has 0 rings (SSSR count). The quantitative estimate of drug-likeness (QED) is 0.0156. The lowest BCUT2D eigenvalue weighted by Gasteiger charge is -2.27. The molecule has 29 nitrogen and oxygen atoms in total. The molecule has 0 heterocycles. The number of guanidine groups is 4. The van der Waals surface area contributed by atoms with Gasteiger partial charge in [0.05, 0.1) is 6.04 Å². The van der Waals surface area contributed by atoms with Gasteiger partial charge in [-0.1, -0.05) is 6.42 Å². The number of carbonyl (C=O) groups excluding carboxylic acids is 6. The van der Waals surface area contributed by atoms with Gasteiger partial charge in [-0.2, -0.15) is 0 Å². The third kappa shape index (κ3) is 30.2.